The minimum Gasteiger partial charge on any atom is -0.369 e. The molecule has 2 atom stereocenters. The molecule has 0 spiro atoms. The summed E-state index contributed by atoms with van der Waals surface area (Å²) in [5.74, 6) is 1.65. The third kappa shape index (κ3) is 1.68. The SMILES string of the molecule is N#Cc1cnc2ccccc2c1N1CC2CCCC2C1. The molecule has 1 aliphatic carbocycles. The quantitative estimate of drug-likeness (QED) is 0.792. The van der Waals surface area contributed by atoms with Crippen molar-refractivity contribution in [2.75, 3.05) is 18.0 Å². The zero-order valence-electron chi connectivity index (χ0n) is 11.4. The zero-order valence-corrected chi connectivity index (χ0v) is 11.4. The van der Waals surface area contributed by atoms with E-state index in [-0.39, 0.29) is 0 Å². The minimum absolute atomic E-state index is 0.712. The lowest BCUT2D eigenvalue weighted by Crippen LogP contribution is -2.22. The van der Waals surface area contributed by atoms with Crippen LogP contribution in [0.1, 0.15) is 24.8 Å². The number of nitrogens with zero attached hydrogens (tertiary/aromatic N) is 3. The first kappa shape index (κ1) is 11.7. The number of aromatic nitrogens is 1. The van der Waals surface area contributed by atoms with E-state index in [1.165, 1.54) is 19.3 Å². The van der Waals surface area contributed by atoms with Gasteiger partial charge in [0.15, 0.2) is 0 Å². The second-order valence-corrected chi connectivity index (χ2v) is 6.01. The summed E-state index contributed by atoms with van der Waals surface area (Å²) in [5.41, 5.74) is 2.80. The zero-order chi connectivity index (χ0) is 13.5. The lowest BCUT2D eigenvalue weighted by atomic mass is 10.0. The van der Waals surface area contributed by atoms with Crippen molar-refractivity contribution in [2.45, 2.75) is 19.3 Å². The van der Waals surface area contributed by atoms with Gasteiger partial charge in [-0.2, -0.15) is 5.26 Å². The summed E-state index contributed by atoms with van der Waals surface area (Å²) < 4.78 is 0. The van der Waals surface area contributed by atoms with Gasteiger partial charge in [0.25, 0.3) is 0 Å². The average molecular weight is 263 g/mol. The van der Waals surface area contributed by atoms with E-state index in [4.69, 9.17) is 0 Å². The predicted octanol–water partition coefficient (Wildman–Crippen LogP) is 3.34. The molecule has 1 aliphatic heterocycles. The molecule has 2 heterocycles. The molecule has 0 N–H and O–H groups in total. The number of anilines is 1. The minimum atomic E-state index is 0.712. The highest BCUT2D eigenvalue weighted by Gasteiger charge is 2.37. The van der Waals surface area contributed by atoms with Crippen molar-refractivity contribution in [1.29, 1.82) is 5.26 Å². The fourth-order valence-electron chi connectivity index (χ4n) is 3.97. The van der Waals surface area contributed by atoms with Crippen molar-refractivity contribution in [3.63, 3.8) is 0 Å². The Balaban J connectivity index is 1.84. The molecule has 20 heavy (non-hydrogen) atoms. The van der Waals surface area contributed by atoms with E-state index in [0.717, 1.165) is 41.5 Å². The molecule has 2 unspecified atom stereocenters. The highest BCUT2D eigenvalue weighted by Crippen LogP contribution is 2.41. The van der Waals surface area contributed by atoms with Gasteiger partial charge >= 0.3 is 0 Å². The normalized spacial score (nSPS) is 24.9. The van der Waals surface area contributed by atoms with Gasteiger partial charge in [0.2, 0.25) is 0 Å². The predicted molar refractivity (Wildman–Crippen MR) is 79.5 cm³/mol. The summed E-state index contributed by atoms with van der Waals surface area (Å²) in [6.07, 6.45) is 5.81. The smallest absolute Gasteiger partial charge is 0.103 e. The largest absolute Gasteiger partial charge is 0.369 e. The summed E-state index contributed by atoms with van der Waals surface area (Å²) in [4.78, 5) is 6.83. The Labute approximate surface area is 118 Å². The summed E-state index contributed by atoms with van der Waals surface area (Å²) >= 11 is 0. The van der Waals surface area contributed by atoms with E-state index in [0.29, 0.717) is 5.56 Å². The van der Waals surface area contributed by atoms with E-state index < -0.39 is 0 Å². The van der Waals surface area contributed by atoms with Crippen LogP contribution in [0.2, 0.25) is 0 Å². The maximum atomic E-state index is 9.42. The molecule has 2 aromatic rings. The fourth-order valence-corrected chi connectivity index (χ4v) is 3.97. The van der Waals surface area contributed by atoms with Crippen LogP contribution in [0.15, 0.2) is 30.5 Å². The Kier molecular flexibility index (Phi) is 2.63. The first-order valence-corrected chi connectivity index (χ1v) is 7.39. The molecule has 3 heteroatoms. The molecular formula is C17H17N3. The first-order valence-electron chi connectivity index (χ1n) is 7.39. The Morgan fingerprint density at radius 1 is 1.15 bits per heavy atom. The van der Waals surface area contributed by atoms with E-state index in [1.54, 1.807) is 6.20 Å². The standard InChI is InChI=1S/C17H17N3/c18-8-14-9-19-16-7-2-1-6-15(16)17(14)20-10-12-4-3-5-13(12)11-20/h1-2,6-7,9,12-13H,3-5,10-11H2. The summed E-state index contributed by atoms with van der Waals surface area (Å²) in [5, 5.41) is 10.5. The molecule has 0 radical (unpaired) electrons. The maximum Gasteiger partial charge on any atom is 0.103 e. The molecule has 2 aliphatic rings. The van der Waals surface area contributed by atoms with Crippen LogP contribution in [0, 0.1) is 23.2 Å². The van der Waals surface area contributed by atoms with Crippen molar-refractivity contribution in [2.24, 2.45) is 11.8 Å². The van der Waals surface area contributed by atoms with Gasteiger partial charge in [-0.15, -0.1) is 0 Å². The molecule has 1 saturated heterocycles. The molecular weight excluding hydrogens is 246 g/mol. The van der Waals surface area contributed by atoms with E-state index in [1.807, 2.05) is 18.2 Å². The van der Waals surface area contributed by atoms with Gasteiger partial charge in [-0.1, -0.05) is 24.6 Å². The van der Waals surface area contributed by atoms with Crippen LogP contribution in [-0.4, -0.2) is 18.1 Å². The van der Waals surface area contributed by atoms with Crippen LogP contribution in [0.25, 0.3) is 10.9 Å². The number of nitriles is 1. The van der Waals surface area contributed by atoms with Gasteiger partial charge < -0.3 is 4.90 Å². The van der Waals surface area contributed by atoms with Gasteiger partial charge in [-0.25, -0.2) is 0 Å². The van der Waals surface area contributed by atoms with Crippen LogP contribution in [0.4, 0.5) is 5.69 Å². The molecule has 1 saturated carbocycles. The van der Waals surface area contributed by atoms with Crippen LogP contribution in [0.5, 0.6) is 0 Å². The lowest BCUT2D eigenvalue weighted by Gasteiger charge is -2.22. The number of pyridine rings is 1. The molecule has 1 aromatic heterocycles. The number of para-hydroxylation sites is 1. The third-order valence-electron chi connectivity index (χ3n) is 4.91. The van der Waals surface area contributed by atoms with E-state index in [2.05, 4.69) is 22.0 Å². The molecule has 0 bridgehead atoms. The topological polar surface area (TPSA) is 39.9 Å². The van der Waals surface area contributed by atoms with Crippen molar-refractivity contribution in [3.8, 4) is 6.07 Å². The number of fused-ring (bicyclic) bond motifs is 2. The van der Waals surface area contributed by atoms with Gasteiger partial charge in [0, 0.05) is 24.7 Å². The molecule has 1 aromatic carbocycles. The molecule has 0 amide bonds. The lowest BCUT2D eigenvalue weighted by molar-refractivity contribution is 0.494. The summed E-state index contributed by atoms with van der Waals surface area (Å²) in [6, 6.07) is 10.5. The Morgan fingerprint density at radius 2 is 1.90 bits per heavy atom. The summed E-state index contributed by atoms with van der Waals surface area (Å²) in [7, 11) is 0. The van der Waals surface area contributed by atoms with Crippen molar-refractivity contribution < 1.29 is 0 Å². The van der Waals surface area contributed by atoms with Crippen LogP contribution < -0.4 is 4.90 Å². The number of benzene rings is 1. The van der Waals surface area contributed by atoms with Crippen LogP contribution >= 0.6 is 0 Å². The van der Waals surface area contributed by atoms with Crippen LogP contribution in [-0.2, 0) is 0 Å². The third-order valence-corrected chi connectivity index (χ3v) is 4.91. The first-order chi connectivity index (χ1) is 9.86. The van der Waals surface area contributed by atoms with Crippen molar-refractivity contribution >= 4 is 16.6 Å². The van der Waals surface area contributed by atoms with Crippen LogP contribution in [0.3, 0.4) is 0 Å². The Morgan fingerprint density at radius 3 is 2.65 bits per heavy atom. The summed E-state index contributed by atoms with van der Waals surface area (Å²) in [6.45, 7) is 2.21. The average Bonchev–Trinajstić information content (AvgIpc) is 3.07. The maximum absolute atomic E-state index is 9.42. The molecule has 100 valence electrons. The number of hydrogen-bond acceptors (Lipinski definition) is 3. The van der Waals surface area contributed by atoms with Crippen molar-refractivity contribution in [3.05, 3.63) is 36.0 Å². The van der Waals surface area contributed by atoms with E-state index in [9.17, 15) is 5.26 Å². The monoisotopic (exact) mass is 263 g/mol. The van der Waals surface area contributed by atoms with Crippen molar-refractivity contribution in [1.82, 2.24) is 4.98 Å². The Bertz CT molecular complexity index is 689. The Hall–Kier alpha value is -2.08. The van der Waals surface area contributed by atoms with Gasteiger partial charge in [0.1, 0.15) is 6.07 Å². The molecule has 3 nitrogen and oxygen atoms in total. The van der Waals surface area contributed by atoms with E-state index >= 15 is 0 Å². The molecule has 2 fully saturated rings. The number of rotatable bonds is 1. The second-order valence-electron chi connectivity index (χ2n) is 6.01. The highest BCUT2D eigenvalue weighted by atomic mass is 15.2. The molecule has 4 rings (SSSR count). The van der Waals surface area contributed by atoms with Gasteiger partial charge in [0.05, 0.1) is 16.8 Å². The highest BCUT2D eigenvalue weighted by molar-refractivity contribution is 5.94. The fraction of sp³-hybridized carbons (Fsp3) is 0.412. The van der Waals surface area contributed by atoms with Gasteiger partial charge in [-0.05, 0) is 30.7 Å². The van der Waals surface area contributed by atoms with Gasteiger partial charge in [-0.3, -0.25) is 4.98 Å². The number of hydrogen-bond donors (Lipinski definition) is 0. The second kappa shape index (κ2) is 4.49.